The molecule has 2 aliphatic rings. The Labute approximate surface area is 128 Å². The van der Waals surface area contributed by atoms with Gasteiger partial charge in [0.15, 0.2) is 0 Å². The van der Waals surface area contributed by atoms with Crippen LogP contribution in [-0.2, 0) is 12.8 Å². The Kier molecular flexibility index (Phi) is 4.51. The molecule has 2 heterocycles. The van der Waals surface area contributed by atoms with Gasteiger partial charge in [0.1, 0.15) is 5.75 Å². The van der Waals surface area contributed by atoms with Crippen molar-refractivity contribution in [1.29, 1.82) is 0 Å². The Morgan fingerprint density at radius 2 is 2.14 bits per heavy atom. The second-order valence-electron chi connectivity index (χ2n) is 6.39. The first-order valence-electron chi connectivity index (χ1n) is 8.48. The van der Waals surface area contributed by atoms with Gasteiger partial charge in [-0.25, -0.2) is 0 Å². The first-order valence-corrected chi connectivity index (χ1v) is 8.48. The predicted molar refractivity (Wildman–Crippen MR) is 87.1 cm³/mol. The summed E-state index contributed by atoms with van der Waals surface area (Å²) in [6.45, 7) is 10.1. The molecule has 21 heavy (non-hydrogen) atoms. The third-order valence-electron chi connectivity index (χ3n) is 5.42. The highest BCUT2D eigenvalue weighted by atomic mass is 16.5. The van der Waals surface area contributed by atoms with E-state index in [2.05, 4.69) is 42.3 Å². The van der Waals surface area contributed by atoms with Gasteiger partial charge in [-0.15, -0.1) is 0 Å². The average Bonchev–Trinajstić information content (AvgIpc) is 3.00. The lowest BCUT2D eigenvalue weighted by Crippen LogP contribution is -2.61. The monoisotopic (exact) mass is 288 g/mol. The van der Waals surface area contributed by atoms with E-state index >= 15 is 0 Å². The number of benzene rings is 1. The minimum Gasteiger partial charge on any atom is -0.493 e. The van der Waals surface area contributed by atoms with Crippen molar-refractivity contribution < 1.29 is 4.74 Å². The molecule has 3 heteroatoms. The summed E-state index contributed by atoms with van der Waals surface area (Å²) in [5.74, 6) is 1.09. The lowest BCUT2D eigenvalue weighted by molar-refractivity contribution is 0.0533. The summed E-state index contributed by atoms with van der Waals surface area (Å²) < 4.78 is 5.60. The highest BCUT2D eigenvalue weighted by molar-refractivity contribution is 5.39. The van der Waals surface area contributed by atoms with Crippen molar-refractivity contribution in [2.24, 2.45) is 0 Å². The summed E-state index contributed by atoms with van der Waals surface area (Å²) >= 11 is 0. The molecule has 0 bridgehead atoms. The predicted octanol–water partition coefficient (Wildman–Crippen LogP) is 2.63. The molecule has 1 fully saturated rings. The van der Waals surface area contributed by atoms with Gasteiger partial charge in [0.05, 0.1) is 6.61 Å². The maximum atomic E-state index is 5.60. The Morgan fingerprint density at radius 3 is 2.95 bits per heavy atom. The van der Waals surface area contributed by atoms with Crippen LogP contribution < -0.4 is 10.1 Å². The molecule has 0 radical (unpaired) electrons. The van der Waals surface area contributed by atoms with Crippen LogP contribution in [0.2, 0.25) is 0 Å². The summed E-state index contributed by atoms with van der Waals surface area (Å²) in [6, 6.07) is 6.75. The normalized spacial score (nSPS) is 21.0. The second-order valence-corrected chi connectivity index (χ2v) is 6.39. The fourth-order valence-corrected chi connectivity index (χ4v) is 3.84. The summed E-state index contributed by atoms with van der Waals surface area (Å²) in [4.78, 5) is 2.72. The van der Waals surface area contributed by atoms with E-state index in [1.165, 1.54) is 37.1 Å². The number of ether oxygens (including phenoxy) is 1. The summed E-state index contributed by atoms with van der Waals surface area (Å²) in [5.41, 5.74) is 3.21. The van der Waals surface area contributed by atoms with Crippen LogP contribution in [0.1, 0.15) is 37.8 Å². The molecule has 116 valence electrons. The van der Waals surface area contributed by atoms with Gasteiger partial charge < -0.3 is 10.1 Å². The maximum Gasteiger partial charge on any atom is 0.122 e. The smallest absolute Gasteiger partial charge is 0.122 e. The van der Waals surface area contributed by atoms with Gasteiger partial charge in [-0.1, -0.05) is 26.0 Å². The van der Waals surface area contributed by atoms with Crippen LogP contribution in [0.4, 0.5) is 0 Å². The van der Waals surface area contributed by atoms with Crippen LogP contribution in [-0.4, -0.2) is 43.2 Å². The minimum atomic E-state index is 0.359. The largest absolute Gasteiger partial charge is 0.493 e. The molecule has 1 aromatic carbocycles. The number of rotatable bonds is 5. The third kappa shape index (κ3) is 2.95. The Hall–Kier alpha value is -1.06. The van der Waals surface area contributed by atoms with Crippen molar-refractivity contribution in [3.63, 3.8) is 0 Å². The topological polar surface area (TPSA) is 24.5 Å². The zero-order chi connectivity index (χ0) is 14.7. The molecule has 0 aromatic heterocycles. The van der Waals surface area contributed by atoms with Gasteiger partial charge in [-0.2, -0.15) is 0 Å². The minimum absolute atomic E-state index is 0.359. The number of piperazine rings is 1. The van der Waals surface area contributed by atoms with E-state index in [0.29, 0.717) is 5.54 Å². The third-order valence-corrected chi connectivity index (χ3v) is 5.42. The molecule has 0 aliphatic carbocycles. The van der Waals surface area contributed by atoms with E-state index in [9.17, 15) is 0 Å². The summed E-state index contributed by atoms with van der Waals surface area (Å²) in [7, 11) is 0. The van der Waals surface area contributed by atoms with Gasteiger partial charge in [0, 0.05) is 38.1 Å². The maximum absolute atomic E-state index is 5.60. The molecule has 3 nitrogen and oxygen atoms in total. The standard InChI is InChI=1S/C18H28N2O/c1-3-18(4-2)14-19-9-11-20(18)10-7-15-5-6-17-16(13-15)8-12-21-17/h5-6,13,19H,3-4,7-12,14H2,1-2H3. The molecule has 0 spiro atoms. The molecule has 0 amide bonds. The van der Waals surface area contributed by atoms with Crippen molar-refractivity contribution in [3.05, 3.63) is 29.3 Å². The molecule has 1 saturated heterocycles. The zero-order valence-electron chi connectivity index (χ0n) is 13.5. The number of hydrogen-bond acceptors (Lipinski definition) is 3. The van der Waals surface area contributed by atoms with E-state index in [0.717, 1.165) is 38.3 Å². The van der Waals surface area contributed by atoms with Crippen molar-refractivity contribution in [2.75, 3.05) is 32.8 Å². The first kappa shape index (κ1) is 14.9. The summed E-state index contributed by atoms with van der Waals surface area (Å²) in [6.07, 6.45) is 4.68. The van der Waals surface area contributed by atoms with Crippen LogP contribution >= 0.6 is 0 Å². The van der Waals surface area contributed by atoms with Gasteiger partial charge in [-0.05, 0) is 36.5 Å². The molecule has 0 saturated carbocycles. The molecule has 0 unspecified atom stereocenters. The van der Waals surface area contributed by atoms with Crippen LogP contribution in [0, 0.1) is 0 Å². The molecule has 2 aliphatic heterocycles. The SMILES string of the molecule is CCC1(CC)CNCCN1CCc1ccc2c(c1)CCO2. The molecule has 1 aromatic rings. The molecular weight excluding hydrogens is 260 g/mol. The van der Waals surface area contributed by atoms with E-state index in [-0.39, 0.29) is 0 Å². The van der Waals surface area contributed by atoms with Gasteiger partial charge in [0.25, 0.3) is 0 Å². The van der Waals surface area contributed by atoms with Crippen LogP contribution in [0.25, 0.3) is 0 Å². The Bertz CT molecular complexity index is 482. The zero-order valence-corrected chi connectivity index (χ0v) is 13.5. The van der Waals surface area contributed by atoms with Gasteiger partial charge in [-0.3, -0.25) is 4.90 Å². The van der Waals surface area contributed by atoms with E-state index in [4.69, 9.17) is 4.74 Å². The van der Waals surface area contributed by atoms with Gasteiger partial charge >= 0.3 is 0 Å². The van der Waals surface area contributed by atoms with Crippen LogP contribution in [0.15, 0.2) is 18.2 Å². The highest BCUT2D eigenvalue weighted by Crippen LogP contribution is 2.28. The fraction of sp³-hybridized carbons (Fsp3) is 0.667. The van der Waals surface area contributed by atoms with Crippen molar-refractivity contribution >= 4 is 0 Å². The van der Waals surface area contributed by atoms with Crippen molar-refractivity contribution in [1.82, 2.24) is 10.2 Å². The second kappa shape index (κ2) is 6.37. The first-order chi connectivity index (χ1) is 10.3. The van der Waals surface area contributed by atoms with Crippen molar-refractivity contribution in [3.8, 4) is 5.75 Å². The van der Waals surface area contributed by atoms with Crippen LogP contribution in [0.5, 0.6) is 5.75 Å². The Balaban J connectivity index is 1.65. The molecular formula is C18H28N2O. The fourth-order valence-electron chi connectivity index (χ4n) is 3.84. The molecule has 1 N–H and O–H groups in total. The van der Waals surface area contributed by atoms with Gasteiger partial charge in [0.2, 0.25) is 0 Å². The number of hydrogen-bond donors (Lipinski definition) is 1. The quantitative estimate of drug-likeness (QED) is 0.901. The molecule has 0 atom stereocenters. The molecule has 3 rings (SSSR count). The Morgan fingerprint density at radius 1 is 1.29 bits per heavy atom. The van der Waals surface area contributed by atoms with E-state index in [1.54, 1.807) is 0 Å². The number of nitrogens with one attached hydrogen (secondary N) is 1. The number of fused-ring (bicyclic) bond motifs is 1. The van der Waals surface area contributed by atoms with E-state index in [1.807, 2.05) is 0 Å². The lowest BCUT2D eigenvalue weighted by atomic mass is 9.88. The van der Waals surface area contributed by atoms with Crippen molar-refractivity contribution in [2.45, 2.75) is 45.1 Å². The van der Waals surface area contributed by atoms with E-state index < -0.39 is 0 Å². The average molecular weight is 288 g/mol. The highest BCUT2D eigenvalue weighted by Gasteiger charge is 2.35. The lowest BCUT2D eigenvalue weighted by Gasteiger charge is -2.47. The van der Waals surface area contributed by atoms with Crippen LogP contribution in [0.3, 0.4) is 0 Å². The summed E-state index contributed by atoms with van der Waals surface area (Å²) in [5, 5.41) is 3.58. The number of nitrogens with zero attached hydrogens (tertiary/aromatic N) is 1.